The van der Waals surface area contributed by atoms with Gasteiger partial charge in [-0.25, -0.2) is 9.18 Å². The standard InChI is InChI=1S/C25H26FN3O5/c1-28-23(31)11-15-4-6-21(26)20(24(15)28)12-27-8-2-3-19-13-29(25(32)34-19)17-5-7-22-16(9-17)10-18(30)14-33-22/h4-7,9,19,27H,2-3,8,10-14H2,1H3. The second-order valence-corrected chi connectivity index (χ2v) is 8.89. The molecule has 2 aromatic carbocycles. The molecule has 2 amide bonds. The molecule has 1 atom stereocenters. The van der Waals surface area contributed by atoms with Crippen LogP contribution in [0.1, 0.15) is 29.5 Å². The summed E-state index contributed by atoms with van der Waals surface area (Å²) in [6.07, 6.45) is 1.35. The monoisotopic (exact) mass is 467 g/mol. The third kappa shape index (κ3) is 4.23. The Labute approximate surface area is 196 Å². The van der Waals surface area contributed by atoms with Gasteiger partial charge in [-0.05, 0) is 49.2 Å². The number of nitrogens with one attached hydrogen (secondary N) is 1. The van der Waals surface area contributed by atoms with Gasteiger partial charge in [-0.3, -0.25) is 14.5 Å². The van der Waals surface area contributed by atoms with E-state index in [0.717, 1.165) is 17.5 Å². The third-order valence-electron chi connectivity index (χ3n) is 6.55. The molecule has 0 aliphatic carbocycles. The molecule has 2 aromatic rings. The zero-order valence-electron chi connectivity index (χ0n) is 18.9. The molecule has 0 bridgehead atoms. The Kier molecular flexibility index (Phi) is 5.95. The minimum absolute atomic E-state index is 0.0117. The van der Waals surface area contributed by atoms with E-state index >= 15 is 0 Å². The molecule has 0 saturated carbocycles. The Bertz CT molecular complexity index is 1170. The molecule has 34 heavy (non-hydrogen) atoms. The van der Waals surface area contributed by atoms with Crippen molar-refractivity contribution in [3.8, 4) is 5.75 Å². The van der Waals surface area contributed by atoms with Gasteiger partial charge >= 0.3 is 6.09 Å². The van der Waals surface area contributed by atoms with Crippen molar-refractivity contribution in [1.29, 1.82) is 0 Å². The molecule has 178 valence electrons. The molecule has 3 aliphatic heterocycles. The Hall–Kier alpha value is -3.46. The van der Waals surface area contributed by atoms with E-state index in [2.05, 4.69) is 5.32 Å². The van der Waals surface area contributed by atoms with Crippen LogP contribution in [0.25, 0.3) is 0 Å². The van der Waals surface area contributed by atoms with Gasteiger partial charge in [0.15, 0.2) is 5.78 Å². The molecule has 0 aromatic heterocycles. The lowest BCUT2D eigenvalue weighted by molar-refractivity contribution is -0.121. The van der Waals surface area contributed by atoms with Gasteiger partial charge in [0.05, 0.1) is 18.7 Å². The van der Waals surface area contributed by atoms with Crippen molar-refractivity contribution >= 4 is 29.2 Å². The zero-order chi connectivity index (χ0) is 23.8. The molecular formula is C25H26FN3O5. The summed E-state index contributed by atoms with van der Waals surface area (Å²) in [6.45, 7) is 1.45. The molecule has 9 heteroatoms. The van der Waals surface area contributed by atoms with Crippen molar-refractivity contribution in [2.75, 3.05) is 36.5 Å². The number of carbonyl (C=O) groups excluding carboxylic acids is 3. The summed E-state index contributed by atoms with van der Waals surface area (Å²) in [5.41, 5.74) is 3.48. The Morgan fingerprint density at radius 1 is 1.12 bits per heavy atom. The van der Waals surface area contributed by atoms with E-state index in [1.807, 2.05) is 6.07 Å². The first-order valence-corrected chi connectivity index (χ1v) is 11.4. The maximum Gasteiger partial charge on any atom is 0.414 e. The summed E-state index contributed by atoms with van der Waals surface area (Å²) in [6, 6.07) is 8.48. The van der Waals surface area contributed by atoms with E-state index in [9.17, 15) is 18.8 Å². The summed E-state index contributed by atoms with van der Waals surface area (Å²) in [4.78, 5) is 39.1. The van der Waals surface area contributed by atoms with Crippen molar-refractivity contribution in [1.82, 2.24) is 5.32 Å². The van der Waals surface area contributed by atoms with E-state index in [1.165, 1.54) is 11.0 Å². The lowest BCUT2D eigenvalue weighted by Gasteiger charge is -2.19. The predicted octanol–water partition coefficient (Wildman–Crippen LogP) is 2.74. The highest BCUT2D eigenvalue weighted by atomic mass is 19.1. The molecular weight excluding hydrogens is 441 g/mol. The van der Waals surface area contributed by atoms with Crippen LogP contribution >= 0.6 is 0 Å². The van der Waals surface area contributed by atoms with Gasteiger partial charge in [-0.2, -0.15) is 0 Å². The average Bonchev–Trinajstić information content (AvgIpc) is 3.33. The van der Waals surface area contributed by atoms with Crippen LogP contribution in [0.5, 0.6) is 5.75 Å². The van der Waals surface area contributed by atoms with Crippen LogP contribution in [0, 0.1) is 5.82 Å². The van der Waals surface area contributed by atoms with Crippen LogP contribution in [0.3, 0.4) is 0 Å². The summed E-state index contributed by atoms with van der Waals surface area (Å²) in [5, 5.41) is 3.25. The number of likely N-dealkylation sites (N-methyl/N-ethyl adjacent to an activating group) is 1. The predicted molar refractivity (Wildman–Crippen MR) is 123 cm³/mol. The number of fused-ring (bicyclic) bond motifs is 2. The van der Waals surface area contributed by atoms with E-state index in [4.69, 9.17) is 9.47 Å². The maximum absolute atomic E-state index is 14.4. The quantitative estimate of drug-likeness (QED) is 0.630. The number of hydrogen-bond donors (Lipinski definition) is 1. The first-order valence-electron chi connectivity index (χ1n) is 11.4. The molecule has 0 spiro atoms. The number of ketones is 1. The maximum atomic E-state index is 14.4. The number of cyclic esters (lactones) is 1. The number of rotatable bonds is 7. The number of nitrogens with zero attached hydrogens (tertiary/aromatic N) is 2. The van der Waals surface area contributed by atoms with Gasteiger partial charge < -0.3 is 19.7 Å². The summed E-state index contributed by atoms with van der Waals surface area (Å²) in [7, 11) is 1.67. The van der Waals surface area contributed by atoms with E-state index in [0.29, 0.717) is 61.6 Å². The highest BCUT2D eigenvalue weighted by Crippen LogP contribution is 2.33. The van der Waals surface area contributed by atoms with E-state index in [-0.39, 0.29) is 30.2 Å². The lowest BCUT2D eigenvalue weighted by atomic mass is 10.0. The second-order valence-electron chi connectivity index (χ2n) is 8.89. The van der Waals surface area contributed by atoms with Crippen molar-refractivity contribution in [3.05, 3.63) is 52.8 Å². The number of Topliss-reactive ketones (excluding diaryl/α,β-unsaturated/α-hetero) is 1. The third-order valence-corrected chi connectivity index (χ3v) is 6.55. The summed E-state index contributed by atoms with van der Waals surface area (Å²) in [5.74, 6) is 0.324. The Balaban J connectivity index is 1.12. The highest BCUT2D eigenvalue weighted by molar-refractivity contribution is 6.01. The van der Waals surface area contributed by atoms with E-state index < -0.39 is 6.09 Å². The minimum atomic E-state index is -0.407. The number of benzene rings is 2. The van der Waals surface area contributed by atoms with Gasteiger partial charge in [-0.1, -0.05) is 6.07 Å². The van der Waals surface area contributed by atoms with Gasteiger partial charge in [0.25, 0.3) is 0 Å². The normalized spacial score (nSPS) is 19.2. The first-order chi connectivity index (χ1) is 16.4. The fourth-order valence-electron chi connectivity index (χ4n) is 4.78. The smallest absolute Gasteiger partial charge is 0.414 e. The van der Waals surface area contributed by atoms with Crippen molar-refractivity contribution in [3.63, 3.8) is 0 Å². The van der Waals surface area contributed by atoms with E-state index in [1.54, 1.807) is 30.1 Å². The molecule has 1 unspecified atom stereocenters. The highest BCUT2D eigenvalue weighted by Gasteiger charge is 2.33. The summed E-state index contributed by atoms with van der Waals surface area (Å²) >= 11 is 0. The number of hydrogen-bond acceptors (Lipinski definition) is 6. The number of ether oxygens (including phenoxy) is 2. The Morgan fingerprint density at radius 3 is 2.82 bits per heavy atom. The van der Waals surface area contributed by atoms with Gasteiger partial charge in [-0.15, -0.1) is 0 Å². The average molecular weight is 467 g/mol. The van der Waals surface area contributed by atoms with Crippen LogP contribution in [0.4, 0.5) is 20.6 Å². The fourth-order valence-corrected chi connectivity index (χ4v) is 4.78. The van der Waals surface area contributed by atoms with Crippen LogP contribution in [-0.4, -0.2) is 50.6 Å². The molecule has 1 fully saturated rings. The molecule has 0 radical (unpaired) electrons. The SMILES string of the molecule is CN1C(=O)Cc2ccc(F)c(CNCCCC3CN(c4ccc5c(c4)CC(=O)CO5)C(=O)O3)c21. The van der Waals surface area contributed by atoms with Crippen LogP contribution in [0.15, 0.2) is 30.3 Å². The zero-order valence-corrected chi connectivity index (χ0v) is 18.9. The summed E-state index contributed by atoms with van der Waals surface area (Å²) < 4.78 is 25.3. The van der Waals surface area contributed by atoms with Crippen molar-refractivity contribution in [2.45, 2.75) is 38.3 Å². The number of amides is 2. The van der Waals surface area contributed by atoms with Gasteiger partial charge in [0.2, 0.25) is 5.91 Å². The van der Waals surface area contributed by atoms with Crippen LogP contribution in [-0.2, 0) is 33.7 Å². The molecule has 1 saturated heterocycles. The topological polar surface area (TPSA) is 88.2 Å². The number of anilines is 2. The van der Waals surface area contributed by atoms with Crippen LogP contribution < -0.4 is 19.9 Å². The molecule has 3 aliphatic rings. The lowest BCUT2D eigenvalue weighted by Crippen LogP contribution is -2.26. The largest absolute Gasteiger partial charge is 0.486 e. The van der Waals surface area contributed by atoms with Crippen molar-refractivity contribution < 1.29 is 28.2 Å². The number of carbonyl (C=O) groups is 3. The Morgan fingerprint density at radius 2 is 1.97 bits per heavy atom. The minimum Gasteiger partial charge on any atom is -0.486 e. The van der Waals surface area contributed by atoms with Crippen molar-refractivity contribution in [2.24, 2.45) is 0 Å². The second kappa shape index (κ2) is 9.06. The molecule has 1 N–H and O–H groups in total. The first kappa shape index (κ1) is 22.3. The molecule has 3 heterocycles. The molecule has 5 rings (SSSR count). The van der Waals surface area contributed by atoms with Crippen LogP contribution in [0.2, 0.25) is 0 Å². The number of halogens is 1. The van der Waals surface area contributed by atoms with Gasteiger partial charge in [0, 0.05) is 36.8 Å². The van der Waals surface area contributed by atoms with Gasteiger partial charge in [0.1, 0.15) is 24.3 Å². The molecule has 8 nitrogen and oxygen atoms in total. The fraction of sp³-hybridized carbons (Fsp3) is 0.400.